The van der Waals surface area contributed by atoms with Gasteiger partial charge in [-0.05, 0) is 136 Å². The van der Waals surface area contributed by atoms with Crippen LogP contribution in [0.25, 0.3) is 11.0 Å². The van der Waals surface area contributed by atoms with Gasteiger partial charge in [0.25, 0.3) is 12.0 Å². The van der Waals surface area contributed by atoms with Gasteiger partial charge < -0.3 is 16.6 Å². The van der Waals surface area contributed by atoms with Crippen LogP contribution in [-0.4, -0.2) is 175 Å². The molecule has 3 aromatic rings. The Morgan fingerprint density at radius 1 is 0.712 bits per heavy atom. The molecule has 0 bridgehead atoms. The Labute approximate surface area is 564 Å². The van der Waals surface area contributed by atoms with Crippen LogP contribution in [-0.2, 0) is 19.3 Å². The zero-order valence-electron chi connectivity index (χ0n) is 42.2. The molecule has 73 heavy (non-hydrogen) atoms. The smallest absolute Gasteiger partial charge is 1.00 e. The minimum Gasteiger partial charge on any atom is -1.00 e. The Balaban J connectivity index is -0.000000277. The maximum atomic E-state index is 11.7. The van der Waals surface area contributed by atoms with Crippen LogP contribution in [0.5, 0.6) is 0 Å². The second-order valence-corrected chi connectivity index (χ2v) is 13.3. The van der Waals surface area contributed by atoms with Crippen molar-refractivity contribution in [1.82, 2.24) is 15.0 Å². The summed E-state index contributed by atoms with van der Waals surface area (Å²) in [7, 11) is 58.4. The number of nitrogens with zero attached hydrogens (tertiary/aromatic N) is 3. The molecule has 0 saturated carbocycles. The molecule has 11 nitrogen and oxygen atoms in total. The van der Waals surface area contributed by atoms with E-state index in [0.29, 0.717) is 11.9 Å². The fourth-order valence-electron chi connectivity index (χ4n) is 5.46. The quantitative estimate of drug-likeness (QED) is 0.0577. The van der Waals surface area contributed by atoms with Crippen molar-refractivity contribution in [2.45, 2.75) is 33.6 Å². The molecule has 0 fully saturated rings. The van der Waals surface area contributed by atoms with Crippen LogP contribution in [0.4, 0.5) is 5.82 Å². The minimum absolute atomic E-state index is 0. The summed E-state index contributed by atoms with van der Waals surface area (Å²) in [5, 5.41) is 9.40. The fraction of sp³-hybridized carbons (Fsp3) is 0.122. The number of aromatic amines is 1. The number of nitrogens with one attached hydrogen (secondary N) is 1. The number of aryl methyl sites for hydroxylation is 1. The molecular formula is C41H28B19Cs2N4O7. The Kier molecular flexibility index (Phi) is 51.1. The molecule has 0 aliphatic rings. The number of rotatable bonds is 13. The Morgan fingerprint density at radius 2 is 1.08 bits per heavy atom. The molecule has 21 radical (unpaired) electrons. The van der Waals surface area contributed by atoms with Gasteiger partial charge in [-0.3, -0.25) is 24.0 Å². The molecule has 1 N–H and O–H groups in total. The van der Waals surface area contributed by atoms with Gasteiger partial charge in [0.15, 0.2) is 12.1 Å². The molecule has 2 amide bonds. The molecular weight excluding hydrogens is 1130 g/mol. The van der Waals surface area contributed by atoms with Crippen molar-refractivity contribution in [2.24, 2.45) is 0 Å². The van der Waals surface area contributed by atoms with E-state index in [1.807, 2.05) is 18.2 Å². The number of fused-ring (bicyclic) bond motifs is 1. The topological polar surface area (TPSA) is 162 Å². The van der Waals surface area contributed by atoms with Gasteiger partial charge >= 0.3 is 138 Å². The normalized spacial score (nSPS) is 7.62. The number of anilines is 1. The summed E-state index contributed by atoms with van der Waals surface area (Å²) in [6, 6.07) is 8.71. The molecule has 0 atom stereocenters. The molecule has 0 aliphatic heterocycles. The van der Waals surface area contributed by atoms with E-state index in [4.69, 9.17) is 87.4 Å². The van der Waals surface area contributed by atoms with E-state index in [0.717, 1.165) is 15.8 Å². The molecule has 3 rings (SSSR count). The maximum absolute atomic E-state index is 11.7. The van der Waals surface area contributed by atoms with Crippen LogP contribution < -0.4 is 154 Å². The molecule has 3 heterocycles. The molecule has 0 aromatic carbocycles. The monoisotopic (exact) mass is 1160 g/mol. The summed E-state index contributed by atoms with van der Waals surface area (Å²) < 4.78 is 0. The number of amides is 2. The van der Waals surface area contributed by atoms with Gasteiger partial charge in [0.05, 0.1) is 5.56 Å². The van der Waals surface area contributed by atoms with Gasteiger partial charge in [0, 0.05) is 172 Å². The van der Waals surface area contributed by atoms with Crippen molar-refractivity contribution in [3.05, 3.63) is 175 Å². The van der Waals surface area contributed by atoms with Gasteiger partial charge in [-0.1, -0.05) is 25.3 Å². The number of aldehydes is 1. The number of pyridine rings is 3. The summed E-state index contributed by atoms with van der Waals surface area (Å²) in [5.74, 6) is -0.612. The van der Waals surface area contributed by atoms with Crippen LogP contribution in [0.15, 0.2) is 158 Å². The second-order valence-electron chi connectivity index (χ2n) is 13.3. The predicted molar refractivity (Wildman–Crippen MR) is 298 cm³/mol. The van der Waals surface area contributed by atoms with E-state index in [1.165, 1.54) is 19.3 Å². The molecule has 32 heteroatoms. The standard InChI is InChI=1S/C19H4.C12H14N2O3.C9H8N2O.CH2O3.B19.2Cs.H/c1-3-5-7-9-11-13-15-17-19-18-16-14-12-10-8-6-4-2;1-3-10(16)14(11(17)4-2)12-9(8-15)6-5-7-13-12;1-6-5-7-3-2-4-10-8(7)11-9(6)12;2-1-4-3;1-11-16(10)19(17(12(2)3)13(4)5)18(14(6)7)15(8)9;;;/h1-2H2;5-8H,3-4H2,1-2H3;2-5H,1H3,(H,10,11,12);1,3H;;;;/q;;;;;2*+1;-1/p-1. The molecule has 0 aliphatic carbocycles. The first-order valence-corrected chi connectivity index (χ1v) is 20.5. The number of imide groups is 1. The Bertz CT molecular complexity index is 2880. The van der Waals surface area contributed by atoms with Crippen molar-refractivity contribution < 1.29 is 169 Å². The van der Waals surface area contributed by atoms with Gasteiger partial charge in [-0.25, -0.2) is 14.9 Å². The molecule has 0 unspecified atom stereocenters. The zero-order chi connectivity index (χ0) is 54.1. The average Bonchev–Trinajstić information content (AvgIpc) is 3.35. The van der Waals surface area contributed by atoms with Crippen molar-refractivity contribution in [1.29, 1.82) is 0 Å². The van der Waals surface area contributed by atoms with Crippen LogP contribution in [0.3, 0.4) is 0 Å². The number of carbonyl (C=O) groups is 4. The Hall–Kier alpha value is -2.91. The molecule has 0 saturated heterocycles. The third kappa shape index (κ3) is 33.7. The van der Waals surface area contributed by atoms with Crippen molar-refractivity contribution in [3.8, 4) is 0 Å². The third-order valence-corrected chi connectivity index (χ3v) is 8.48. The van der Waals surface area contributed by atoms with Crippen LogP contribution in [0.1, 0.15) is 44.0 Å². The van der Waals surface area contributed by atoms with E-state index < -0.39 is 51.1 Å². The number of hydrogen-bond donors (Lipinski definition) is 1. The van der Waals surface area contributed by atoms with Crippen LogP contribution in [0.2, 0.25) is 0 Å². The maximum Gasteiger partial charge on any atom is 1.00 e. The number of aromatic nitrogens is 3. The minimum atomic E-state index is -0.837. The van der Waals surface area contributed by atoms with E-state index >= 15 is 0 Å². The summed E-state index contributed by atoms with van der Waals surface area (Å²) in [4.78, 5) is 68.3. The first-order valence-electron chi connectivity index (χ1n) is 20.5. The predicted octanol–water partition coefficient (Wildman–Crippen LogP) is -8.44. The van der Waals surface area contributed by atoms with E-state index in [2.05, 4.69) is 130 Å². The van der Waals surface area contributed by atoms with Crippen molar-refractivity contribution >= 4 is 177 Å². The van der Waals surface area contributed by atoms with Crippen LogP contribution >= 0.6 is 0 Å². The largest absolute Gasteiger partial charge is 1.00 e. The van der Waals surface area contributed by atoms with Gasteiger partial charge in [-0.15, -0.1) is 0 Å². The number of hydrogen-bond acceptors (Lipinski definition) is 9. The van der Waals surface area contributed by atoms with Crippen LogP contribution in [0, 0.1) is 6.92 Å². The van der Waals surface area contributed by atoms with E-state index in [-0.39, 0.29) is 187 Å². The average molecular weight is 1160 g/mol. The van der Waals surface area contributed by atoms with Crippen molar-refractivity contribution in [3.63, 3.8) is 0 Å². The van der Waals surface area contributed by atoms with Gasteiger partial charge in [0.1, 0.15) is 5.65 Å². The molecule has 313 valence electrons. The first-order chi connectivity index (χ1) is 33.9. The Morgan fingerprint density at radius 3 is 1.41 bits per heavy atom. The SMILES string of the molecule is C=C=C=C=C=C=C=C=C=C=C=C=C=C=C=C=C=C=C.CCC(=O)N(C(=O)CC)c1ncccc1C=O.Cc1cc2cccnc2[nH]c1=O.O=CO[O-].[B][B]B([B])B(B(B([B])[B])B([B])[B])B(B([B])[B])B([B])[B].[Cs+].[Cs+].[H-]. The summed E-state index contributed by atoms with van der Waals surface area (Å²) in [5.41, 5.74) is 43.4. The van der Waals surface area contributed by atoms with Crippen molar-refractivity contribution in [2.75, 3.05) is 4.90 Å². The molecule has 0 spiro atoms. The van der Waals surface area contributed by atoms with E-state index in [1.54, 1.807) is 33.0 Å². The third-order valence-electron chi connectivity index (χ3n) is 8.48. The molecule has 3 aromatic heterocycles. The summed E-state index contributed by atoms with van der Waals surface area (Å²) in [6.45, 7) is 11.5. The van der Waals surface area contributed by atoms with E-state index in [9.17, 15) is 19.2 Å². The number of H-pyrrole nitrogens is 1. The van der Waals surface area contributed by atoms with Gasteiger partial charge in [0.2, 0.25) is 11.8 Å². The van der Waals surface area contributed by atoms with Gasteiger partial charge in [-0.2, -0.15) is 0 Å². The zero-order valence-corrected chi connectivity index (χ0v) is 53.8. The summed E-state index contributed by atoms with van der Waals surface area (Å²) in [6.07, 6.45) is -1.67. The first kappa shape index (κ1) is 76.6. The number of carbonyl (C=O) groups excluding carboxylic acids is 4. The second kappa shape index (κ2) is 48.7. The fourth-order valence-corrected chi connectivity index (χ4v) is 5.46. The summed E-state index contributed by atoms with van der Waals surface area (Å²) >= 11 is 0.